The van der Waals surface area contributed by atoms with Crippen LogP contribution in [0.5, 0.6) is 11.5 Å². The van der Waals surface area contributed by atoms with Gasteiger partial charge >= 0.3 is 12.1 Å². The lowest BCUT2D eigenvalue weighted by Crippen LogP contribution is -2.41. The maximum absolute atomic E-state index is 12.2. The first-order valence-electron chi connectivity index (χ1n) is 11.8. The third-order valence-corrected chi connectivity index (χ3v) is 5.82. The van der Waals surface area contributed by atoms with Crippen LogP contribution in [-0.4, -0.2) is 55.0 Å². The second-order valence-electron chi connectivity index (χ2n) is 9.61. The molecule has 1 saturated heterocycles. The molecule has 32 heavy (non-hydrogen) atoms. The van der Waals surface area contributed by atoms with Crippen LogP contribution in [0.4, 0.5) is 4.79 Å². The summed E-state index contributed by atoms with van der Waals surface area (Å²) in [6, 6.07) is 5.90. The maximum atomic E-state index is 12.2. The number of piperidine rings is 1. The van der Waals surface area contributed by atoms with Gasteiger partial charge in [-0.25, -0.2) is 4.79 Å². The lowest BCUT2D eigenvalue weighted by atomic mass is 9.94. The van der Waals surface area contributed by atoms with E-state index < -0.39 is 5.60 Å². The van der Waals surface area contributed by atoms with E-state index in [1.165, 1.54) is 0 Å². The van der Waals surface area contributed by atoms with Crippen molar-refractivity contribution >= 4 is 12.1 Å². The molecule has 1 unspecified atom stereocenters. The molecule has 1 aromatic rings. The molecule has 0 N–H and O–H groups in total. The van der Waals surface area contributed by atoms with Gasteiger partial charge in [-0.05, 0) is 89.5 Å². The summed E-state index contributed by atoms with van der Waals surface area (Å²) in [7, 11) is 0. The van der Waals surface area contributed by atoms with Crippen LogP contribution in [0.1, 0.15) is 65.4 Å². The fourth-order valence-corrected chi connectivity index (χ4v) is 4.13. The number of benzene rings is 1. The number of carbonyl (C=O) groups is 2. The molecule has 2 aliphatic rings. The average molecular weight is 448 g/mol. The fourth-order valence-electron chi connectivity index (χ4n) is 4.13. The second kappa shape index (κ2) is 10.9. The first-order chi connectivity index (χ1) is 15.2. The second-order valence-corrected chi connectivity index (χ2v) is 9.61. The quantitative estimate of drug-likeness (QED) is 0.562. The average Bonchev–Trinajstić information content (AvgIpc) is 2.73. The number of esters is 1. The van der Waals surface area contributed by atoms with Crippen molar-refractivity contribution in [1.82, 2.24) is 4.90 Å². The molecule has 0 radical (unpaired) electrons. The summed E-state index contributed by atoms with van der Waals surface area (Å²) in [6.45, 7) is 10.0. The molecule has 0 aliphatic carbocycles. The van der Waals surface area contributed by atoms with E-state index in [0.717, 1.165) is 62.3 Å². The van der Waals surface area contributed by atoms with E-state index in [-0.39, 0.29) is 24.6 Å². The van der Waals surface area contributed by atoms with Gasteiger partial charge in [-0.15, -0.1) is 0 Å². The molecule has 1 amide bonds. The zero-order valence-electron chi connectivity index (χ0n) is 19.9. The Balaban J connectivity index is 1.39. The normalized spacial score (nSPS) is 19.0. The fraction of sp³-hybridized carbons (Fsp3) is 0.680. The number of nitrogens with zero attached hydrogens (tertiary/aromatic N) is 1. The van der Waals surface area contributed by atoms with E-state index in [4.69, 9.17) is 18.9 Å². The first kappa shape index (κ1) is 24.2. The van der Waals surface area contributed by atoms with Gasteiger partial charge < -0.3 is 23.8 Å². The number of fused-ring (bicyclic) bond motifs is 1. The SMILES string of the molecule is CCOC(=O)CC1CCc2cc(OCCC3CCN(C(=O)OC(C)(C)C)CC3)ccc2O1. The Bertz CT molecular complexity index is 779. The molecule has 0 aromatic heterocycles. The van der Waals surface area contributed by atoms with Crippen LogP contribution in [0.25, 0.3) is 0 Å². The first-order valence-corrected chi connectivity index (χ1v) is 11.8. The topological polar surface area (TPSA) is 74.3 Å². The summed E-state index contributed by atoms with van der Waals surface area (Å²) in [5.41, 5.74) is 0.664. The Kier molecular flexibility index (Phi) is 8.26. The van der Waals surface area contributed by atoms with Crippen molar-refractivity contribution in [3.05, 3.63) is 23.8 Å². The molecule has 2 heterocycles. The molecule has 7 heteroatoms. The minimum Gasteiger partial charge on any atom is -0.494 e. The van der Waals surface area contributed by atoms with Crippen LogP contribution in [0.3, 0.4) is 0 Å². The Labute approximate surface area is 191 Å². The van der Waals surface area contributed by atoms with Gasteiger partial charge in [-0.1, -0.05) is 0 Å². The van der Waals surface area contributed by atoms with E-state index in [1.807, 2.05) is 45.9 Å². The van der Waals surface area contributed by atoms with Gasteiger partial charge in [0.1, 0.15) is 23.2 Å². The van der Waals surface area contributed by atoms with Gasteiger partial charge in [0.2, 0.25) is 0 Å². The molecule has 0 saturated carbocycles. The van der Waals surface area contributed by atoms with Gasteiger partial charge in [0.15, 0.2) is 0 Å². The van der Waals surface area contributed by atoms with E-state index in [0.29, 0.717) is 19.1 Å². The zero-order valence-corrected chi connectivity index (χ0v) is 19.9. The van der Waals surface area contributed by atoms with Crippen molar-refractivity contribution in [2.24, 2.45) is 5.92 Å². The third kappa shape index (κ3) is 7.31. The van der Waals surface area contributed by atoms with E-state index in [2.05, 4.69) is 0 Å². The Morgan fingerprint density at radius 3 is 2.59 bits per heavy atom. The highest BCUT2D eigenvalue weighted by molar-refractivity contribution is 5.70. The monoisotopic (exact) mass is 447 g/mol. The summed E-state index contributed by atoms with van der Waals surface area (Å²) in [4.78, 5) is 25.7. The Morgan fingerprint density at radius 2 is 1.91 bits per heavy atom. The number of hydrogen-bond acceptors (Lipinski definition) is 6. The highest BCUT2D eigenvalue weighted by atomic mass is 16.6. The van der Waals surface area contributed by atoms with Crippen LogP contribution in [0, 0.1) is 5.92 Å². The van der Waals surface area contributed by atoms with Gasteiger partial charge in [-0.2, -0.15) is 0 Å². The third-order valence-electron chi connectivity index (χ3n) is 5.82. The molecule has 0 spiro atoms. The predicted octanol–water partition coefficient (Wildman–Crippen LogP) is 4.75. The number of likely N-dealkylation sites (tertiary alicyclic amines) is 1. The van der Waals surface area contributed by atoms with Gasteiger partial charge in [0.25, 0.3) is 0 Å². The molecule has 7 nitrogen and oxygen atoms in total. The molecule has 178 valence electrons. The lowest BCUT2D eigenvalue weighted by Gasteiger charge is -2.33. The Morgan fingerprint density at radius 1 is 1.16 bits per heavy atom. The lowest BCUT2D eigenvalue weighted by molar-refractivity contribution is -0.145. The molecule has 0 bridgehead atoms. The maximum Gasteiger partial charge on any atom is 0.410 e. The van der Waals surface area contributed by atoms with Crippen molar-refractivity contribution < 1.29 is 28.5 Å². The summed E-state index contributed by atoms with van der Waals surface area (Å²) < 4.78 is 22.4. The van der Waals surface area contributed by atoms with Crippen molar-refractivity contribution in [1.29, 1.82) is 0 Å². The number of aryl methyl sites for hydroxylation is 1. The standard InChI is InChI=1S/C25H37NO6/c1-5-29-23(27)17-21-7-6-19-16-20(8-9-22(19)31-21)30-15-12-18-10-13-26(14-11-18)24(28)32-25(2,3)4/h8-9,16,18,21H,5-7,10-15,17H2,1-4H3. The highest BCUT2D eigenvalue weighted by Crippen LogP contribution is 2.32. The molecular weight excluding hydrogens is 410 g/mol. The smallest absolute Gasteiger partial charge is 0.410 e. The number of hydrogen-bond donors (Lipinski definition) is 0. The highest BCUT2D eigenvalue weighted by Gasteiger charge is 2.27. The van der Waals surface area contributed by atoms with Crippen LogP contribution < -0.4 is 9.47 Å². The van der Waals surface area contributed by atoms with Crippen LogP contribution in [0.15, 0.2) is 18.2 Å². The number of rotatable bonds is 7. The van der Waals surface area contributed by atoms with Crippen LogP contribution in [0.2, 0.25) is 0 Å². The van der Waals surface area contributed by atoms with Crippen LogP contribution in [-0.2, 0) is 20.7 Å². The summed E-state index contributed by atoms with van der Waals surface area (Å²) in [5, 5.41) is 0. The molecule has 1 fully saturated rings. The van der Waals surface area contributed by atoms with E-state index in [1.54, 1.807) is 4.90 Å². The summed E-state index contributed by atoms with van der Waals surface area (Å²) in [6.07, 6.45) is 4.53. The largest absolute Gasteiger partial charge is 0.494 e. The van der Waals surface area contributed by atoms with E-state index in [9.17, 15) is 9.59 Å². The van der Waals surface area contributed by atoms with Gasteiger partial charge in [0.05, 0.1) is 19.6 Å². The molecule has 1 atom stereocenters. The molecule has 3 rings (SSSR count). The minimum atomic E-state index is -0.455. The van der Waals surface area contributed by atoms with Crippen molar-refractivity contribution in [3.63, 3.8) is 0 Å². The molecular formula is C25H37NO6. The van der Waals surface area contributed by atoms with Crippen molar-refractivity contribution in [2.45, 2.75) is 77.9 Å². The van der Waals surface area contributed by atoms with Crippen molar-refractivity contribution in [2.75, 3.05) is 26.3 Å². The zero-order chi connectivity index (χ0) is 23.1. The van der Waals surface area contributed by atoms with Crippen molar-refractivity contribution in [3.8, 4) is 11.5 Å². The minimum absolute atomic E-state index is 0.125. The van der Waals surface area contributed by atoms with Crippen LogP contribution >= 0.6 is 0 Å². The van der Waals surface area contributed by atoms with Gasteiger partial charge in [0, 0.05) is 13.1 Å². The number of carbonyl (C=O) groups excluding carboxylic acids is 2. The summed E-state index contributed by atoms with van der Waals surface area (Å²) >= 11 is 0. The number of ether oxygens (including phenoxy) is 4. The van der Waals surface area contributed by atoms with Gasteiger partial charge in [-0.3, -0.25) is 4.79 Å². The Hall–Kier alpha value is -2.44. The van der Waals surface area contributed by atoms with E-state index >= 15 is 0 Å². The molecule has 1 aromatic carbocycles. The number of amides is 1. The predicted molar refractivity (Wildman–Crippen MR) is 121 cm³/mol. The summed E-state index contributed by atoms with van der Waals surface area (Å²) in [5.74, 6) is 2.02. The molecule has 2 aliphatic heterocycles.